The summed E-state index contributed by atoms with van der Waals surface area (Å²) in [5.41, 5.74) is 2.02. The minimum absolute atomic E-state index is 0.0213. The molecule has 2 fully saturated rings. The van der Waals surface area contributed by atoms with Gasteiger partial charge in [-0.1, -0.05) is 24.3 Å². The van der Waals surface area contributed by atoms with E-state index in [1.165, 1.54) is 24.3 Å². The molecule has 0 aromatic heterocycles. The maximum Gasteiger partial charge on any atom is 0.490 e. The Balaban J connectivity index is 0.000000698. The van der Waals surface area contributed by atoms with Gasteiger partial charge in [0.2, 0.25) is 0 Å². The van der Waals surface area contributed by atoms with Crippen molar-refractivity contribution in [3.8, 4) is 0 Å². The highest BCUT2D eigenvalue weighted by Crippen LogP contribution is 2.27. The van der Waals surface area contributed by atoms with Crippen molar-refractivity contribution < 1.29 is 50.6 Å². The first-order chi connectivity index (χ1) is 23.2. The number of amides is 3. The Morgan fingerprint density at radius 2 is 1.53 bits per heavy atom. The Morgan fingerprint density at radius 1 is 0.837 bits per heavy atom. The summed E-state index contributed by atoms with van der Waals surface area (Å²) < 4.78 is 73.4. The number of carbonyl (C=O) groups is 4. The van der Waals surface area contributed by atoms with Crippen LogP contribution in [0.4, 0.5) is 36.8 Å². The summed E-state index contributed by atoms with van der Waals surface area (Å²) in [6.45, 7) is 3.31. The number of hydrogen-bond donors (Lipinski definition) is 3. The molecule has 0 atom stereocenters. The van der Waals surface area contributed by atoms with Gasteiger partial charge in [0, 0.05) is 62.9 Å². The number of aryl methyl sites for hydroxylation is 1. The second kappa shape index (κ2) is 16.5. The summed E-state index contributed by atoms with van der Waals surface area (Å²) >= 11 is 0. The molecule has 0 radical (unpaired) electrons. The van der Waals surface area contributed by atoms with E-state index in [0.29, 0.717) is 56.3 Å². The molecule has 3 N–H and O–H groups in total. The number of halogens is 6. The van der Waals surface area contributed by atoms with Gasteiger partial charge in [0.15, 0.2) is 5.78 Å². The van der Waals surface area contributed by atoms with Gasteiger partial charge in [0.25, 0.3) is 5.91 Å². The lowest BCUT2D eigenvalue weighted by atomic mass is 10.0. The van der Waals surface area contributed by atoms with Crippen molar-refractivity contribution in [2.75, 3.05) is 38.0 Å². The molecule has 3 aromatic carbocycles. The lowest BCUT2D eigenvalue weighted by Gasteiger charge is -2.35. The number of carboxylic acids is 1. The van der Waals surface area contributed by atoms with Gasteiger partial charge in [0.1, 0.15) is 17.5 Å². The van der Waals surface area contributed by atoms with Crippen molar-refractivity contribution in [1.82, 2.24) is 15.1 Å². The molecular formula is C34H34F6N4O5. The number of aliphatic carboxylic acids is 1. The Kier molecular flexibility index (Phi) is 12.4. The number of carboxylic acid groups (broad SMARTS) is 1. The van der Waals surface area contributed by atoms with E-state index in [4.69, 9.17) is 9.90 Å². The van der Waals surface area contributed by atoms with E-state index in [2.05, 4.69) is 15.5 Å². The third kappa shape index (κ3) is 11.3. The minimum atomic E-state index is -5.08. The van der Waals surface area contributed by atoms with Crippen molar-refractivity contribution in [1.29, 1.82) is 0 Å². The summed E-state index contributed by atoms with van der Waals surface area (Å²) in [4.78, 5) is 50.5. The maximum atomic E-state index is 14.6. The average molecular weight is 693 g/mol. The third-order valence-corrected chi connectivity index (χ3v) is 7.91. The fourth-order valence-corrected chi connectivity index (χ4v) is 4.98. The molecule has 2 aliphatic rings. The van der Waals surface area contributed by atoms with Crippen LogP contribution in [-0.4, -0.2) is 77.5 Å². The topological polar surface area (TPSA) is 119 Å². The zero-order valence-electron chi connectivity index (χ0n) is 26.2. The molecule has 1 saturated heterocycles. The summed E-state index contributed by atoms with van der Waals surface area (Å²) in [5.74, 6) is -4.62. The van der Waals surface area contributed by atoms with Crippen molar-refractivity contribution in [2.45, 2.75) is 38.4 Å². The number of nitrogens with zero attached hydrogens (tertiary/aromatic N) is 2. The molecule has 15 heteroatoms. The van der Waals surface area contributed by atoms with E-state index >= 15 is 0 Å². The molecule has 0 spiro atoms. The number of hydrogen-bond acceptors (Lipinski definition) is 5. The largest absolute Gasteiger partial charge is 0.490 e. The van der Waals surface area contributed by atoms with Gasteiger partial charge < -0.3 is 20.6 Å². The van der Waals surface area contributed by atoms with E-state index in [1.807, 2.05) is 18.2 Å². The Labute approximate surface area is 277 Å². The van der Waals surface area contributed by atoms with Gasteiger partial charge in [-0.25, -0.2) is 22.8 Å². The smallest absolute Gasteiger partial charge is 0.475 e. The SMILES string of the molecule is O=C(NCC1CC1)Nc1ccc(C(=O)N2CCN(Cc3cccc(C(=O)CCc4ccc(F)cc4F)c3)CC2)cc1F.O=C(O)C(F)(F)F. The molecule has 3 amide bonds. The van der Waals surface area contributed by atoms with Gasteiger partial charge in [-0.05, 0) is 66.6 Å². The molecule has 0 bridgehead atoms. The highest BCUT2D eigenvalue weighted by atomic mass is 19.4. The highest BCUT2D eigenvalue weighted by molar-refractivity contribution is 5.96. The first-order valence-electron chi connectivity index (χ1n) is 15.4. The van der Waals surface area contributed by atoms with E-state index in [9.17, 15) is 40.7 Å². The van der Waals surface area contributed by atoms with Gasteiger partial charge >= 0.3 is 18.2 Å². The van der Waals surface area contributed by atoms with Crippen LogP contribution in [0.15, 0.2) is 60.7 Å². The van der Waals surface area contributed by atoms with Gasteiger partial charge in [0.05, 0.1) is 5.69 Å². The van der Waals surface area contributed by atoms with E-state index in [1.54, 1.807) is 11.0 Å². The number of rotatable bonds is 10. The Bertz CT molecular complexity index is 1670. The zero-order valence-corrected chi connectivity index (χ0v) is 26.2. The fourth-order valence-electron chi connectivity index (χ4n) is 4.98. The number of piperazine rings is 1. The number of carbonyl (C=O) groups excluding carboxylic acids is 3. The number of alkyl halides is 3. The van der Waals surface area contributed by atoms with Crippen LogP contribution in [0, 0.1) is 23.4 Å². The number of benzene rings is 3. The van der Waals surface area contributed by atoms with E-state index in [-0.39, 0.29) is 35.8 Å². The molecule has 1 heterocycles. The number of nitrogens with one attached hydrogen (secondary N) is 2. The predicted octanol–water partition coefficient (Wildman–Crippen LogP) is 6.04. The summed E-state index contributed by atoms with van der Waals surface area (Å²) in [7, 11) is 0. The maximum absolute atomic E-state index is 14.6. The van der Waals surface area contributed by atoms with Crippen LogP contribution in [0.2, 0.25) is 0 Å². The zero-order chi connectivity index (χ0) is 35.7. The molecule has 9 nitrogen and oxygen atoms in total. The predicted molar refractivity (Wildman–Crippen MR) is 166 cm³/mol. The van der Waals surface area contributed by atoms with Gasteiger partial charge in [-0.3, -0.25) is 14.5 Å². The number of urea groups is 1. The standard InChI is InChI=1S/C32H33F3N4O3.C2HF3O2/c33-26-9-6-23(27(34)18-26)8-11-30(40)24-3-1-2-22(16-24)20-38-12-14-39(15-13-38)31(41)25-7-10-29(28(35)17-25)37-32(42)36-19-21-4-5-21;3-2(4,5)1(6)7/h1-3,6-7,9-10,16-18,21H,4-5,8,11-15,19-20H2,(H2,36,37,42);(H,6,7). The molecule has 0 unspecified atom stereocenters. The second-order valence-electron chi connectivity index (χ2n) is 11.7. The van der Waals surface area contributed by atoms with E-state index < -0.39 is 35.6 Å². The number of anilines is 1. The molecule has 1 aliphatic carbocycles. The highest BCUT2D eigenvalue weighted by Gasteiger charge is 2.38. The molecule has 3 aromatic rings. The van der Waals surface area contributed by atoms with Crippen molar-refractivity contribution in [2.24, 2.45) is 5.92 Å². The summed E-state index contributed by atoms with van der Waals surface area (Å²) in [6.07, 6.45) is -2.60. The number of Topliss-reactive ketones (excluding diaryl/α,β-unsaturated/α-hetero) is 1. The quantitative estimate of drug-likeness (QED) is 0.176. The molecule has 49 heavy (non-hydrogen) atoms. The van der Waals surface area contributed by atoms with Crippen molar-refractivity contribution >= 4 is 29.4 Å². The van der Waals surface area contributed by atoms with Crippen LogP contribution in [-0.2, 0) is 17.8 Å². The van der Waals surface area contributed by atoms with Gasteiger partial charge in [-0.15, -0.1) is 0 Å². The minimum Gasteiger partial charge on any atom is -0.475 e. The monoisotopic (exact) mass is 692 g/mol. The Hall–Kier alpha value is -4.92. The first kappa shape index (κ1) is 36.9. The average Bonchev–Trinajstić information content (AvgIpc) is 3.89. The van der Waals surface area contributed by atoms with Crippen LogP contribution in [0.25, 0.3) is 0 Å². The second-order valence-corrected chi connectivity index (χ2v) is 11.7. The molecule has 1 saturated carbocycles. The normalized spacial score (nSPS) is 14.8. The molecule has 1 aliphatic heterocycles. The molecular weight excluding hydrogens is 658 g/mol. The lowest BCUT2D eigenvalue weighted by Crippen LogP contribution is -2.48. The van der Waals surface area contributed by atoms with Crippen LogP contribution in [0.1, 0.15) is 51.1 Å². The third-order valence-electron chi connectivity index (χ3n) is 7.91. The van der Waals surface area contributed by atoms with Crippen LogP contribution >= 0.6 is 0 Å². The summed E-state index contributed by atoms with van der Waals surface area (Å²) in [6, 6.07) is 14.3. The van der Waals surface area contributed by atoms with Gasteiger partial charge in [-0.2, -0.15) is 13.2 Å². The van der Waals surface area contributed by atoms with Crippen molar-refractivity contribution in [3.63, 3.8) is 0 Å². The first-order valence-corrected chi connectivity index (χ1v) is 15.4. The molecule has 5 rings (SSSR count). The lowest BCUT2D eigenvalue weighted by molar-refractivity contribution is -0.192. The fraction of sp³-hybridized carbons (Fsp3) is 0.353. The number of ketones is 1. The van der Waals surface area contributed by atoms with Crippen molar-refractivity contribution in [3.05, 3.63) is 100 Å². The summed E-state index contributed by atoms with van der Waals surface area (Å²) in [5, 5.41) is 12.3. The van der Waals surface area contributed by atoms with Crippen LogP contribution in [0.5, 0.6) is 0 Å². The van der Waals surface area contributed by atoms with E-state index in [0.717, 1.165) is 30.5 Å². The Morgan fingerprint density at radius 3 is 2.14 bits per heavy atom. The van der Waals surface area contributed by atoms with Crippen LogP contribution in [0.3, 0.4) is 0 Å². The van der Waals surface area contributed by atoms with Crippen LogP contribution < -0.4 is 10.6 Å². The molecule has 262 valence electrons.